The summed E-state index contributed by atoms with van der Waals surface area (Å²) in [4.78, 5) is 27.0. The third kappa shape index (κ3) is 4.82. The van der Waals surface area contributed by atoms with Gasteiger partial charge in [0.1, 0.15) is 17.8 Å². The quantitative estimate of drug-likeness (QED) is 0.515. The molecule has 0 aliphatic carbocycles. The van der Waals surface area contributed by atoms with Gasteiger partial charge in [-0.2, -0.15) is 0 Å². The number of alkyl halides is 2. The number of carbonyl (C=O) groups excluding carboxylic acids is 2. The summed E-state index contributed by atoms with van der Waals surface area (Å²) in [5.74, 6) is -3.08. The van der Waals surface area contributed by atoms with Gasteiger partial charge in [-0.1, -0.05) is 35.0 Å². The first-order valence-corrected chi connectivity index (χ1v) is 10.7. The zero-order chi connectivity index (χ0) is 24.4. The summed E-state index contributed by atoms with van der Waals surface area (Å²) in [6.07, 6.45) is -3.48. The van der Waals surface area contributed by atoms with Gasteiger partial charge >= 0.3 is 18.0 Å². The molecule has 0 spiro atoms. The molecule has 0 fully saturated rings. The van der Waals surface area contributed by atoms with Crippen LogP contribution < -0.4 is 14.7 Å². The van der Waals surface area contributed by atoms with E-state index in [0.29, 0.717) is 5.56 Å². The van der Waals surface area contributed by atoms with Crippen molar-refractivity contribution in [3.05, 3.63) is 65.2 Å². The van der Waals surface area contributed by atoms with Crippen molar-refractivity contribution in [2.75, 3.05) is 0 Å². The molecule has 0 bridgehead atoms. The van der Waals surface area contributed by atoms with Crippen molar-refractivity contribution in [1.82, 2.24) is 14.9 Å². The average Bonchev–Trinajstić information content (AvgIpc) is 2.80. The third-order valence-corrected chi connectivity index (χ3v) is 5.80. The summed E-state index contributed by atoms with van der Waals surface area (Å²) in [5.41, 5.74) is 0.462. The number of rotatable bonds is 6. The van der Waals surface area contributed by atoms with Crippen LogP contribution in [0.15, 0.2) is 42.5 Å². The van der Waals surface area contributed by atoms with Gasteiger partial charge in [0.2, 0.25) is 12.1 Å². The van der Waals surface area contributed by atoms with Gasteiger partial charge in [-0.15, -0.1) is 0 Å². The number of carbonyl (C=O) groups is 2. The van der Waals surface area contributed by atoms with Crippen LogP contribution in [0, 0.1) is 11.6 Å². The first-order valence-electron chi connectivity index (χ1n) is 10.7. The van der Waals surface area contributed by atoms with Crippen LogP contribution in [0.5, 0.6) is 5.75 Å². The molecule has 1 N–H and O–H groups in total. The first kappa shape index (κ1) is 23.5. The van der Waals surface area contributed by atoms with E-state index in [0.717, 1.165) is 23.2 Å². The molecule has 2 amide bonds. The van der Waals surface area contributed by atoms with Gasteiger partial charge in [0.25, 0.3) is 0 Å². The van der Waals surface area contributed by atoms with Gasteiger partial charge in [0.15, 0.2) is 17.8 Å². The number of benzene rings is 2. The van der Waals surface area contributed by atoms with Crippen LogP contribution in [-0.4, -0.2) is 53.3 Å². The summed E-state index contributed by atoms with van der Waals surface area (Å²) in [6, 6.07) is 8.68. The zero-order valence-corrected chi connectivity index (χ0v) is 18.2. The maximum Gasteiger partial charge on any atom is 0.416 e. The van der Waals surface area contributed by atoms with Crippen molar-refractivity contribution in [3.8, 4) is 5.75 Å². The highest BCUT2D eigenvalue weighted by atomic mass is 19.2. The van der Waals surface area contributed by atoms with Crippen molar-refractivity contribution in [1.29, 1.82) is 0 Å². The van der Waals surface area contributed by atoms with Crippen LogP contribution in [0.4, 0.5) is 22.4 Å². The van der Waals surface area contributed by atoms with Crippen LogP contribution in [0.1, 0.15) is 24.5 Å². The standard InChI is InChI=1S/C24H21F4N3O3/c1-13(22-18(27)10-15(25)11-29-22)30-23(32)19(9-14-5-3-2-4-6-14)31-12-16-20(34-24(31)33)8-7-17(26)21(16)28/h2-8,11,13,15,18-19H,9-10,12H2,1H3/p+1/t13-,15?,18?,19+/m0/s1. The van der Waals surface area contributed by atoms with Crippen molar-refractivity contribution < 1.29 is 31.9 Å². The lowest BCUT2D eigenvalue weighted by molar-refractivity contribution is -0.126. The van der Waals surface area contributed by atoms with Crippen LogP contribution in [-0.2, 0) is 17.8 Å². The summed E-state index contributed by atoms with van der Waals surface area (Å²) in [6.45, 7) is 1.09. The number of ether oxygens (including phenoxy) is 1. The Morgan fingerprint density at radius 3 is 2.65 bits per heavy atom. The molecule has 0 saturated carbocycles. The molecule has 2 aromatic rings. The summed E-state index contributed by atoms with van der Waals surface area (Å²) >= 11 is 0. The Balaban J connectivity index is 1.63. The van der Waals surface area contributed by atoms with Crippen LogP contribution in [0.3, 0.4) is 0 Å². The third-order valence-electron chi connectivity index (χ3n) is 5.80. The van der Waals surface area contributed by atoms with Crippen molar-refractivity contribution in [3.63, 3.8) is 0 Å². The van der Waals surface area contributed by atoms with E-state index >= 15 is 0 Å². The fraction of sp³-hybridized carbons (Fsp3) is 0.333. The van der Waals surface area contributed by atoms with Crippen molar-refractivity contribution >= 4 is 23.9 Å². The van der Waals surface area contributed by atoms with Crippen LogP contribution in [0.25, 0.3) is 0 Å². The van der Waals surface area contributed by atoms with Gasteiger partial charge in [-0.25, -0.2) is 22.4 Å². The Hall–Kier alpha value is -3.65. The largest absolute Gasteiger partial charge is 0.416 e. The second kappa shape index (κ2) is 9.69. The number of amides is 2. The van der Waals surface area contributed by atoms with Gasteiger partial charge in [0.05, 0.1) is 12.1 Å². The number of fused-ring (bicyclic) bond motifs is 1. The normalized spacial score (nSPS) is 21.3. The van der Waals surface area contributed by atoms with E-state index in [4.69, 9.17) is 4.74 Å². The van der Waals surface area contributed by atoms with E-state index in [9.17, 15) is 27.2 Å². The van der Waals surface area contributed by atoms with E-state index < -0.39 is 61.0 Å². The Morgan fingerprint density at radius 2 is 1.94 bits per heavy atom. The molecule has 4 atom stereocenters. The predicted molar refractivity (Wildman–Crippen MR) is 117 cm³/mol. The fourth-order valence-corrected chi connectivity index (χ4v) is 4.02. The maximum absolute atomic E-state index is 14.4. The second-order valence-electron chi connectivity index (χ2n) is 8.19. The summed E-state index contributed by atoms with van der Waals surface area (Å²) < 4.78 is 64.8. The SMILES string of the molecule is C[C@H](NC(=O)[C@@H](Cc1ccccc1)N1Cc2c(ccc(F)c2F)OC1=O)C1=[N+]=CC(F)CC1F. The van der Waals surface area contributed by atoms with Crippen LogP contribution >= 0.6 is 0 Å². The minimum atomic E-state index is -1.67. The van der Waals surface area contributed by atoms with Gasteiger partial charge in [-0.3, -0.25) is 9.69 Å². The van der Waals surface area contributed by atoms with Gasteiger partial charge < -0.3 is 10.1 Å². The summed E-state index contributed by atoms with van der Waals surface area (Å²) in [7, 11) is 0. The molecule has 2 aliphatic heterocycles. The van der Waals surface area contributed by atoms with E-state index in [1.807, 2.05) is 0 Å². The molecule has 2 unspecified atom stereocenters. The molecule has 2 heterocycles. The molecule has 4 rings (SSSR count). The smallest absolute Gasteiger partial charge is 0.410 e. The molecular formula is C24H22F4N3O3+. The minimum Gasteiger partial charge on any atom is -0.410 e. The lowest BCUT2D eigenvalue weighted by atomic mass is 9.99. The van der Waals surface area contributed by atoms with E-state index in [1.165, 1.54) is 6.92 Å². The predicted octanol–water partition coefficient (Wildman–Crippen LogP) is 3.05. The highest BCUT2D eigenvalue weighted by Crippen LogP contribution is 2.31. The minimum absolute atomic E-state index is 0.0327. The highest BCUT2D eigenvalue weighted by Gasteiger charge is 2.41. The number of halogens is 4. The van der Waals surface area contributed by atoms with E-state index in [2.05, 4.69) is 9.98 Å². The molecule has 10 heteroatoms. The van der Waals surface area contributed by atoms with E-state index in [-0.39, 0.29) is 23.4 Å². The topological polar surface area (TPSA) is 72.7 Å². The van der Waals surface area contributed by atoms with Crippen molar-refractivity contribution in [2.24, 2.45) is 0 Å². The molecule has 0 aromatic heterocycles. The molecule has 6 nitrogen and oxygen atoms in total. The molecule has 2 aliphatic rings. The first-order chi connectivity index (χ1) is 16.2. The lowest BCUT2D eigenvalue weighted by Crippen LogP contribution is -2.56. The van der Waals surface area contributed by atoms with Crippen LogP contribution in [0.2, 0.25) is 0 Å². The zero-order valence-electron chi connectivity index (χ0n) is 18.2. The Labute approximate surface area is 193 Å². The Bertz CT molecular complexity index is 1170. The maximum atomic E-state index is 14.4. The number of nitrogens with zero attached hydrogens (tertiary/aromatic N) is 2. The number of hydrogen-bond acceptors (Lipinski definition) is 3. The average molecular weight is 476 g/mol. The lowest BCUT2D eigenvalue weighted by Gasteiger charge is -2.34. The molecule has 2 aromatic carbocycles. The molecule has 178 valence electrons. The van der Waals surface area contributed by atoms with E-state index in [1.54, 1.807) is 30.3 Å². The van der Waals surface area contributed by atoms with Crippen molar-refractivity contribution in [2.45, 2.75) is 50.7 Å². The number of nitrogens with one attached hydrogen (secondary N) is 1. The monoisotopic (exact) mass is 476 g/mol. The fourth-order valence-electron chi connectivity index (χ4n) is 4.02. The molecule has 0 saturated heterocycles. The Kier molecular flexibility index (Phi) is 6.70. The van der Waals surface area contributed by atoms with Gasteiger partial charge in [0, 0.05) is 12.8 Å². The highest BCUT2D eigenvalue weighted by molar-refractivity contribution is 5.99. The molecule has 34 heavy (non-hydrogen) atoms. The van der Waals surface area contributed by atoms with Gasteiger partial charge in [-0.05, 0) is 24.6 Å². The second-order valence-corrected chi connectivity index (χ2v) is 8.19. The Morgan fingerprint density at radius 1 is 1.21 bits per heavy atom. The summed E-state index contributed by atoms with van der Waals surface area (Å²) in [5, 5.41) is 2.61. The number of hydrogen-bond donors (Lipinski definition) is 1. The molecular weight excluding hydrogens is 454 g/mol. The molecule has 0 radical (unpaired) electrons.